The number of fused-ring (bicyclic) bond motifs is 1. The zero-order valence-corrected chi connectivity index (χ0v) is 17.1. The molecule has 0 saturated heterocycles. The lowest BCUT2D eigenvalue weighted by Gasteiger charge is -2.21. The van der Waals surface area contributed by atoms with E-state index in [9.17, 15) is 4.79 Å². The van der Waals surface area contributed by atoms with Gasteiger partial charge in [0.1, 0.15) is 0 Å². The molecule has 0 aliphatic rings. The van der Waals surface area contributed by atoms with Crippen LogP contribution in [0.1, 0.15) is 23.0 Å². The zero-order valence-electron chi connectivity index (χ0n) is 15.5. The Labute approximate surface area is 163 Å². The molecule has 0 spiro atoms. The van der Waals surface area contributed by atoms with Crippen molar-refractivity contribution in [2.45, 2.75) is 20.4 Å². The van der Waals surface area contributed by atoms with E-state index in [-0.39, 0.29) is 18.3 Å². The average molecular weight is 394 g/mol. The number of benzene rings is 1. The van der Waals surface area contributed by atoms with Crippen LogP contribution in [-0.2, 0) is 6.54 Å². The Morgan fingerprint density at radius 1 is 1.23 bits per heavy atom. The summed E-state index contributed by atoms with van der Waals surface area (Å²) >= 11 is 1.55. The van der Waals surface area contributed by atoms with E-state index in [0.717, 1.165) is 28.4 Å². The minimum absolute atomic E-state index is 0. The second-order valence-electron chi connectivity index (χ2n) is 6.28. The molecule has 0 bridgehead atoms. The first-order valence-electron chi connectivity index (χ1n) is 8.35. The maximum Gasteiger partial charge on any atom is 0.280 e. The molecular formula is C18H24ClN5OS. The third-order valence-electron chi connectivity index (χ3n) is 3.96. The van der Waals surface area contributed by atoms with Gasteiger partial charge in [0.15, 0.2) is 10.8 Å². The van der Waals surface area contributed by atoms with Crippen molar-refractivity contribution in [3.8, 4) is 0 Å². The minimum Gasteiger partial charge on any atom is -0.308 e. The molecule has 0 aliphatic carbocycles. The molecule has 1 aromatic carbocycles. The van der Waals surface area contributed by atoms with E-state index in [2.05, 4.69) is 28.0 Å². The molecule has 3 aromatic rings. The summed E-state index contributed by atoms with van der Waals surface area (Å²) in [4.78, 5) is 21.5. The SMILES string of the molecule is CCn1ccc(C(=O)N(CCN(C)C)c2nc3ccc(C)cc3s2)n1.Cl. The lowest BCUT2D eigenvalue weighted by molar-refractivity contribution is 0.0979. The summed E-state index contributed by atoms with van der Waals surface area (Å²) in [5.41, 5.74) is 2.57. The topological polar surface area (TPSA) is 54.3 Å². The molecule has 8 heteroatoms. The van der Waals surface area contributed by atoms with Crippen molar-refractivity contribution in [3.05, 3.63) is 41.7 Å². The van der Waals surface area contributed by atoms with Gasteiger partial charge in [0.2, 0.25) is 0 Å². The van der Waals surface area contributed by atoms with Crippen molar-refractivity contribution in [3.63, 3.8) is 0 Å². The van der Waals surface area contributed by atoms with Gasteiger partial charge in [0.05, 0.1) is 10.2 Å². The second-order valence-corrected chi connectivity index (χ2v) is 7.29. The third kappa shape index (κ3) is 4.41. The highest BCUT2D eigenvalue weighted by Crippen LogP contribution is 2.30. The lowest BCUT2D eigenvalue weighted by atomic mass is 10.2. The summed E-state index contributed by atoms with van der Waals surface area (Å²) in [6, 6.07) is 7.93. The maximum atomic E-state index is 13.0. The largest absolute Gasteiger partial charge is 0.308 e. The van der Waals surface area contributed by atoms with E-state index in [0.29, 0.717) is 12.2 Å². The summed E-state index contributed by atoms with van der Waals surface area (Å²) < 4.78 is 2.86. The van der Waals surface area contributed by atoms with Gasteiger partial charge in [-0.3, -0.25) is 14.4 Å². The van der Waals surface area contributed by atoms with Gasteiger partial charge in [-0.25, -0.2) is 4.98 Å². The van der Waals surface area contributed by atoms with Gasteiger partial charge in [0, 0.05) is 25.8 Å². The predicted octanol–water partition coefficient (Wildman–Crippen LogP) is 3.45. The number of thiazole rings is 1. The zero-order chi connectivity index (χ0) is 18.0. The van der Waals surface area contributed by atoms with Gasteiger partial charge < -0.3 is 4.90 Å². The van der Waals surface area contributed by atoms with Gasteiger partial charge in [0.25, 0.3) is 5.91 Å². The molecule has 0 unspecified atom stereocenters. The fourth-order valence-electron chi connectivity index (χ4n) is 2.51. The number of carbonyl (C=O) groups excluding carboxylic acids is 1. The number of nitrogens with zero attached hydrogens (tertiary/aromatic N) is 5. The normalized spacial score (nSPS) is 11.0. The van der Waals surface area contributed by atoms with Crippen molar-refractivity contribution >= 4 is 45.0 Å². The highest BCUT2D eigenvalue weighted by molar-refractivity contribution is 7.22. The number of aromatic nitrogens is 3. The number of anilines is 1. The lowest BCUT2D eigenvalue weighted by Crippen LogP contribution is -2.37. The van der Waals surface area contributed by atoms with E-state index in [4.69, 9.17) is 0 Å². The summed E-state index contributed by atoms with van der Waals surface area (Å²) in [6.07, 6.45) is 1.83. The van der Waals surface area contributed by atoms with Gasteiger partial charge in [-0.15, -0.1) is 12.4 Å². The smallest absolute Gasteiger partial charge is 0.280 e. The minimum atomic E-state index is -0.107. The molecular weight excluding hydrogens is 370 g/mol. The first-order valence-corrected chi connectivity index (χ1v) is 9.17. The van der Waals surface area contributed by atoms with Crippen LogP contribution in [0.25, 0.3) is 10.2 Å². The van der Waals surface area contributed by atoms with Gasteiger partial charge in [-0.05, 0) is 51.7 Å². The van der Waals surface area contributed by atoms with E-state index >= 15 is 0 Å². The molecule has 0 radical (unpaired) electrons. The van der Waals surface area contributed by atoms with E-state index in [1.807, 2.05) is 39.3 Å². The van der Waals surface area contributed by atoms with Crippen LogP contribution < -0.4 is 4.90 Å². The van der Waals surface area contributed by atoms with Crippen LogP contribution in [0.15, 0.2) is 30.5 Å². The first kappa shape index (κ1) is 20.4. The van der Waals surface area contributed by atoms with Crippen molar-refractivity contribution in [2.24, 2.45) is 0 Å². The Balaban J connectivity index is 0.00000243. The Kier molecular flexibility index (Phi) is 6.75. The van der Waals surface area contributed by atoms with Crippen molar-refractivity contribution in [1.29, 1.82) is 0 Å². The fraction of sp³-hybridized carbons (Fsp3) is 0.389. The number of rotatable bonds is 6. The molecule has 1 amide bonds. The van der Waals surface area contributed by atoms with Gasteiger partial charge in [-0.1, -0.05) is 17.4 Å². The Morgan fingerprint density at radius 2 is 2.00 bits per heavy atom. The summed E-state index contributed by atoms with van der Waals surface area (Å²) in [5, 5.41) is 5.08. The maximum absolute atomic E-state index is 13.0. The quantitative estimate of drug-likeness (QED) is 0.643. The van der Waals surface area contributed by atoms with Crippen LogP contribution in [-0.4, -0.2) is 52.8 Å². The second kappa shape index (κ2) is 8.62. The van der Waals surface area contributed by atoms with Crippen molar-refractivity contribution < 1.29 is 4.79 Å². The van der Waals surface area contributed by atoms with Crippen LogP contribution in [0.2, 0.25) is 0 Å². The van der Waals surface area contributed by atoms with Gasteiger partial charge in [-0.2, -0.15) is 5.10 Å². The number of aryl methyl sites for hydroxylation is 2. The van der Waals surface area contributed by atoms with Crippen molar-refractivity contribution in [2.75, 3.05) is 32.1 Å². The third-order valence-corrected chi connectivity index (χ3v) is 5.00. The molecule has 0 N–H and O–H groups in total. The molecule has 0 aliphatic heterocycles. The standard InChI is InChI=1S/C18H23N5OS.ClH/c1-5-22-9-8-15(20-22)17(24)23(11-10-21(3)4)18-19-14-7-6-13(2)12-16(14)25-18;/h6-9,12H,5,10-11H2,1-4H3;1H. The number of halogens is 1. The van der Waals surface area contributed by atoms with E-state index in [1.54, 1.807) is 27.0 Å². The first-order chi connectivity index (χ1) is 12.0. The van der Waals surface area contributed by atoms with Crippen LogP contribution in [0, 0.1) is 6.92 Å². The molecule has 2 heterocycles. The molecule has 0 fully saturated rings. The van der Waals surface area contributed by atoms with Crippen molar-refractivity contribution in [1.82, 2.24) is 19.7 Å². The van der Waals surface area contributed by atoms with Crippen LogP contribution in [0.3, 0.4) is 0 Å². The van der Waals surface area contributed by atoms with Crippen LogP contribution >= 0.6 is 23.7 Å². The van der Waals surface area contributed by atoms with E-state index in [1.165, 1.54) is 5.56 Å². The molecule has 3 rings (SSSR count). The molecule has 26 heavy (non-hydrogen) atoms. The highest BCUT2D eigenvalue weighted by Gasteiger charge is 2.23. The molecule has 0 atom stereocenters. The molecule has 140 valence electrons. The van der Waals surface area contributed by atoms with Crippen LogP contribution in [0.4, 0.5) is 5.13 Å². The number of carbonyl (C=O) groups is 1. The summed E-state index contributed by atoms with van der Waals surface area (Å²) in [5.74, 6) is -0.107. The summed E-state index contributed by atoms with van der Waals surface area (Å²) in [7, 11) is 3.99. The number of amides is 1. The predicted molar refractivity (Wildman–Crippen MR) is 110 cm³/mol. The number of hydrogen-bond acceptors (Lipinski definition) is 5. The number of hydrogen-bond donors (Lipinski definition) is 0. The fourth-order valence-corrected chi connectivity index (χ4v) is 3.60. The molecule has 6 nitrogen and oxygen atoms in total. The number of likely N-dealkylation sites (N-methyl/N-ethyl adjacent to an activating group) is 1. The Bertz CT molecular complexity index is 889. The molecule has 2 aromatic heterocycles. The monoisotopic (exact) mass is 393 g/mol. The average Bonchev–Trinajstić information content (AvgIpc) is 3.20. The van der Waals surface area contributed by atoms with Crippen LogP contribution in [0.5, 0.6) is 0 Å². The molecule has 0 saturated carbocycles. The Hall–Kier alpha value is -1.96. The van der Waals surface area contributed by atoms with Gasteiger partial charge >= 0.3 is 0 Å². The summed E-state index contributed by atoms with van der Waals surface area (Å²) in [6.45, 7) is 6.14. The van der Waals surface area contributed by atoms with E-state index < -0.39 is 0 Å². The highest BCUT2D eigenvalue weighted by atomic mass is 35.5. The Morgan fingerprint density at radius 3 is 2.65 bits per heavy atom.